The number of benzene rings is 1. The lowest BCUT2D eigenvalue weighted by Gasteiger charge is -2.24. The summed E-state index contributed by atoms with van der Waals surface area (Å²) in [5.74, 6) is -3.06. The van der Waals surface area contributed by atoms with Crippen molar-refractivity contribution < 1.29 is 27.9 Å². The van der Waals surface area contributed by atoms with E-state index < -0.39 is 18.1 Å². The van der Waals surface area contributed by atoms with Crippen LogP contribution in [0.5, 0.6) is 0 Å². The highest BCUT2D eigenvalue weighted by Gasteiger charge is 2.42. The number of aliphatic carboxylic acids is 1. The summed E-state index contributed by atoms with van der Waals surface area (Å²) in [5.41, 5.74) is 1.52. The molecule has 0 aliphatic carbocycles. The van der Waals surface area contributed by atoms with Gasteiger partial charge in [-0.1, -0.05) is 45.0 Å². The molecule has 0 saturated heterocycles. The zero-order valence-electron chi connectivity index (χ0n) is 14.0. The average Bonchev–Trinajstić information content (AvgIpc) is 2.43. The van der Waals surface area contributed by atoms with Gasteiger partial charge in [0.15, 0.2) is 0 Å². The fourth-order valence-electron chi connectivity index (χ4n) is 2.18. The van der Waals surface area contributed by atoms with E-state index in [1.54, 1.807) is 12.1 Å². The van der Waals surface area contributed by atoms with Gasteiger partial charge in [-0.15, -0.1) is 0 Å². The summed E-state index contributed by atoms with van der Waals surface area (Å²) >= 11 is 0. The topological polar surface area (TPSA) is 57.6 Å². The normalized spacial score (nSPS) is 12.1. The molecule has 0 aliphatic rings. The van der Waals surface area contributed by atoms with Gasteiger partial charge in [-0.05, 0) is 23.0 Å². The van der Waals surface area contributed by atoms with Crippen LogP contribution in [0, 0.1) is 0 Å². The van der Waals surface area contributed by atoms with E-state index in [1.165, 1.54) is 0 Å². The van der Waals surface area contributed by atoms with E-state index >= 15 is 0 Å². The molecule has 0 radical (unpaired) electrons. The summed E-state index contributed by atoms with van der Waals surface area (Å²) in [4.78, 5) is 22.7. The van der Waals surface area contributed by atoms with Crippen molar-refractivity contribution >= 4 is 11.9 Å². The molecule has 0 aromatic heterocycles. The summed E-state index contributed by atoms with van der Waals surface area (Å²) in [5, 5.41) is 8.60. The van der Waals surface area contributed by atoms with Crippen molar-refractivity contribution in [2.45, 2.75) is 51.7 Å². The Balaban J connectivity index is 2.87. The van der Waals surface area contributed by atoms with Crippen LogP contribution >= 0.6 is 0 Å². The molecule has 1 aromatic rings. The van der Waals surface area contributed by atoms with Crippen LogP contribution in [0.25, 0.3) is 0 Å². The minimum Gasteiger partial charge on any atom is -0.481 e. The predicted molar refractivity (Wildman–Crippen MR) is 83.5 cm³/mol. The molecule has 0 heterocycles. The second kappa shape index (κ2) is 7.68. The summed E-state index contributed by atoms with van der Waals surface area (Å²) < 4.78 is 38.1. The molecule has 0 saturated carbocycles. The SMILES string of the molecule is CC(C)(C)c1ccc(CN(CCCC(=O)O)C(=O)C(F)(F)F)cc1. The van der Waals surface area contributed by atoms with Crippen molar-refractivity contribution in [3.05, 3.63) is 35.4 Å². The Bertz CT molecular complexity index is 574. The molecule has 4 nitrogen and oxygen atoms in total. The number of alkyl halides is 3. The number of hydrogen-bond acceptors (Lipinski definition) is 2. The minimum absolute atomic E-state index is 0.0305. The molecule has 0 unspecified atom stereocenters. The molecular formula is C17H22F3NO3. The number of hydrogen-bond donors (Lipinski definition) is 1. The van der Waals surface area contributed by atoms with Crippen LogP contribution < -0.4 is 0 Å². The van der Waals surface area contributed by atoms with Crippen molar-refractivity contribution in [2.75, 3.05) is 6.54 Å². The van der Waals surface area contributed by atoms with E-state index in [0.29, 0.717) is 10.5 Å². The zero-order chi connectivity index (χ0) is 18.5. The van der Waals surface area contributed by atoms with Gasteiger partial charge >= 0.3 is 18.1 Å². The number of carbonyl (C=O) groups is 2. The first-order valence-electron chi connectivity index (χ1n) is 7.58. The summed E-state index contributed by atoms with van der Waals surface area (Å²) in [7, 11) is 0. The largest absolute Gasteiger partial charge is 0.481 e. The van der Waals surface area contributed by atoms with Crippen molar-refractivity contribution in [3.63, 3.8) is 0 Å². The Labute approximate surface area is 139 Å². The molecule has 0 fully saturated rings. The lowest BCUT2D eigenvalue weighted by atomic mass is 9.87. The molecule has 1 aromatic carbocycles. The van der Waals surface area contributed by atoms with Gasteiger partial charge in [0.1, 0.15) is 0 Å². The lowest BCUT2D eigenvalue weighted by molar-refractivity contribution is -0.186. The minimum atomic E-state index is -4.98. The van der Waals surface area contributed by atoms with Gasteiger partial charge in [0.05, 0.1) is 0 Å². The highest BCUT2D eigenvalue weighted by Crippen LogP contribution is 2.24. The standard InChI is InChI=1S/C17H22F3NO3/c1-16(2,3)13-8-6-12(7-9-13)11-21(10-4-5-14(22)23)15(24)17(18,19)20/h6-9H,4-5,10-11H2,1-3H3,(H,22,23). The molecular weight excluding hydrogens is 323 g/mol. The highest BCUT2D eigenvalue weighted by atomic mass is 19.4. The maximum Gasteiger partial charge on any atom is 0.471 e. The van der Waals surface area contributed by atoms with Gasteiger partial charge < -0.3 is 10.0 Å². The zero-order valence-corrected chi connectivity index (χ0v) is 14.0. The van der Waals surface area contributed by atoms with E-state index in [9.17, 15) is 22.8 Å². The third-order valence-electron chi connectivity index (χ3n) is 3.54. The Kier molecular flexibility index (Phi) is 6.40. The van der Waals surface area contributed by atoms with Crippen LogP contribution in [0.3, 0.4) is 0 Å². The van der Waals surface area contributed by atoms with Gasteiger partial charge in [-0.25, -0.2) is 0 Å². The fraction of sp³-hybridized carbons (Fsp3) is 0.529. The van der Waals surface area contributed by atoms with Crippen LogP contribution in [0.4, 0.5) is 13.2 Å². The lowest BCUT2D eigenvalue weighted by Crippen LogP contribution is -2.41. The molecule has 7 heteroatoms. The molecule has 0 atom stereocenters. The summed E-state index contributed by atoms with van der Waals surface area (Å²) in [6, 6.07) is 7.02. The highest BCUT2D eigenvalue weighted by molar-refractivity contribution is 5.81. The fourth-order valence-corrected chi connectivity index (χ4v) is 2.18. The van der Waals surface area contributed by atoms with Crippen LogP contribution in [0.2, 0.25) is 0 Å². The third-order valence-corrected chi connectivity index (χ3v) is 3.54. The van der Waals surface area contributed by atoms with E-state index in [2.05, 4.69) is 0 Å². The molecule has 0 spiro atoms. The van der Waals surface area contributed by atoms with Gasteiger partial charge in [0.2, 0.25) is 0 Å². The van der Waals surface area contributed by atoms with Crippen LogP contribution in [-0.2, 0) is 21.5 Å². The van der Waals surface area contributed by atoms with Gasteiger partial charge in [-0.3, -0.25) is 9.59 Å². The third kappa shape index (κ3) is 6.22. The van der Waals surface area contributed by atoms with Crippen LogP contribution in [0.1, 0.15) is 44.7 Å². The monoisotopic (exact) mass is 345 g/mol. The number of halogens is 3. The van der Waals surface area contributed by atoms with Crippen molar-refractivity contribution in [3.8, 4) is 0 Å². The second-order valence-electron chi connectivity index (χ2n) is 6.67. The molecule has 134 valence electrons. The van der Waals surface area contributed by atoms with Gasteiger partial charge in [-0.2, -0.15) is 13.2 Å². The number of carbonyl (C=O) groups excluding carboxylic acids is 1. The first kappa shape index (κ1) is 20.0. The molecule has 24 heavy (non-hydrogen) atoms. The molecule has 1 N–H and O–H groups in total. The van der Waals surface area contributed by atoms with E-state index in [4.69, 9.17) is 5.11 Å². The Morgan fingerprint density at radius 1 is 1.08 bits per heavy atom. The number of rotatable bonds is 6. The maximum absolute atomic E-state index is 12.7. The van der Waals surface area contributed by atoms with E-state index in [-0.39, 0.29) is 31.3 Å². The van der Waals surface area contributed by atoms with Crippen LogP contribution in [0.15, 0.2) is 24.3 Å². The molecule has 0 aliphatic heterocycles. The van der Waals surface area contributed by atoms with Gasteiger partial charge in [0, 0.05) is 19.5 Å². The first-order chi connectivity index (χ1) is 10.9. The molecule has 1 rings (SSSR count). The Morgan fingerprint density at radius 3 is 2.04 bits per heavy atom. The number of nitrogens with zero attached hydrogens (tertiary/aromatic N) is 1. The molecule has 1 amide bonds. The number of carboxylic acid groups (broad SMARTS) is 1. The Hall–Kier alpha value is -2.05. The van der Waals surface area contributed by atoms with E-state index in [0.717, 1.165) is 5.56 Å². The average molecular weight is 345 g/mol. The summed E-state index contributed by atoms with van der Waals surface area (Å²) in [6.07, 6.45) is -5.30. The number of amides is 1. The maximum atomic E-state index is 12.7. The van der Waals surface area contributed by atoms with Gasteiger partial charge in [0.25, 0.3) is 0 Å². The smallest absolute Gasteiger partial charge is 0.471 e. The van der Waals surface area contributed by atoms with Crippen molar-refractivity contribution in [2.24, 2.45) is 0 Å². The van der Waals surface area contributed by atoms with Crippen molar-refractivity contribution in [1.29, 1.82) is 0 Å². The molecule has 0 bridgehead atoms. The van der Waals surface area contributed by atoms with Crippen molar-refractivity contribution in [1.82, 2.24) is 4.90 Å². The second-order valence-corrected chi connectivity index (χ2v) is 6.67. The predicted octanol–water partition coefficient (Wildman–Crippen LogP) is 3.74. The van der Waals surface area contributed by atoms with E-state index in [1.807, 2.05) is 32.9 Å². The number of carboxylic acids is 1. The van der Waals surface area contributed by atoms with Crippen LogP contribution in [-0.4, -0.2) is 34.6 Å². The Morgan fingerprint density at radius 2 is 1.62 bits per heavy atom. The quantitative estimate of drug-likeness (QED) is 0.854. The summed E-state index contributed by atoms with van der Waals surface area (Å²) in [6.45, 7) is 5.60. The first-order valence-corrected chi connectivity index (χ1v) is 7.58.